The van der Waals surface area contributed by atoms with Crippen LogP contribution in [0.4, 0.5) is 5.69 Å². The maximum Gasteiger partial charge on any atom is 0.336 e. The second kappa shape index (κ2) is 9.76. The highest BCUT2D eigenvalue weighted by Crippen LogP contribution is 2.26. The number of carbonyl (C=O) groups excluding carboxylic acids is 1. The van der Waals surface area contributed by atoms with Gasteiger partial charge in [-0.1, -0.05) is 13.3 Å². The molecule has 2 aromatic carbocycles. The second-order valence-corrected chi connectivity index (χ2v) is 10.2. The zero-order chi connectivity index (χ0) is 24.3. The van der Waals surface area contributed by atoms with Crippen LogP contribution in [-0.2, 0) is 21.2 Å². The lowest BCUT2D eigenvalue weighted by Crippen LogP contribution is -2.24. The van der Waals surface area contributed by atoms with Crippen molar-refractivity contribution in [3.05, 3.63) is 63.5 Å². The van der Waals surface area contributed by atoms with E-state index in [0.29, 0.717) is 17.0 Å². The van der Waals surface area contributed by atoms with E-state index in [9.17, 15) is 18.0 Å². The summed E-state index contributed by atoms with van der Waals surface area (Å²) in [5.41, 5.74) is 2.78. The van der Waals surface area contributed by atoms with Crippen molar-refractivity contribution in [2.24, 2.45) is 0 Å². The Balaban J connectivity index is 1.78. The molecular weight excluding hydrogens is 444 g/mol. The first-order chi connectivity index (χ1) is 15.5. The first kappa shape index (κ1) is 24.5. The SMILES string of the molecule is CCCc1cc(=O)oc2cc(OCC(=O)Nc3cc(S(=O)(=O)N(C)C)cc(C)c3C)ccc12. The zero-order valence-corrected chi connectivity index (χ0v) is 20.2. The summed E-state index contributed by atoms with van der Waals surface area (Å²) >= 11 is 0. The van der Waals surface area contributed by atoms with Crippen LogP contribution in [0.2, 0.25) is 0 Å². The lowest BCUT2D eigenvalue weighted by atomic mass is 10.1. The Bertz CT molecular complexity index is 1360. The highest BCUT2D eigenvalue weighted by Gasteiger charge is 2.20. The van der Waals surface area contributed by atoms with E-state index in [1.54, 1.807) is 38.1 Å². The number of sulfonamides is 1. The van der Waals surface area contributed by atoms with Crippen molar-refractivity contribution in [2.75, 3.05) is 26.0 Å². The molecule has 9 heteroatoms. The van der Waals surface area contributed by atoms with Gasteiger partial charge in [0.15, 0.2) is 6.61 Å². The fraction of sp³-hybridized carbons (Fsp3) is 0.333. The van der Waals surface area contributed by atoms with Crippen LogP contribution < -0.4 is 15.7 Å². The maximum absolute atomic E-state index is 12.5. The number of anilines is 1. The number of rotatable bonds is 8. The van der Waals surface area contributed by atoms with E-state index in [-0.39, 0.29) is 11.5 Å². The average Bonchev–Trinajstić information content (AvgIpc) is 2.75. The van der Waals surface area contributed by atoms with Crippen molar-refractivity contribution >= 4 is 32.6 Å². The molecule has 1 amide bonds. The molecule has 0 bridgehead atoms. The highest BCUT2D eigenvalue weighted by atomic mass is 32.2. The van der Waals surface area contributed by atoms with Crippen molar-refractivity contribution in [1.29, 1.82) is 0 Å². The summed E-state index contributed by atoms with van der Waals surface area (Å²) in [5.74, 6) is -0.0653. The van der Waals surface area contributed by atoms with Gasteiger partial charge in [0.1, 0.15) is 11.3 Å². The summed E-state index contributed by atoms with van der Waals surface area (Å²) in [4.78, 5) is 24.5. The van der Waals surface area contributed by atoms with Gasteiger partial charge in [-0.15, -0.1) is 0 Å². The third-order valence-corrected chi connectivity index (χ3v) is 7.18. The van der Waals surface area contributed by atoms with Gasteiger partial charge in [0.05, 0.1) is 4.90 Å². The van der Waals surface area contributed by atoms with Crippen LogP contribution in [-0.4, -0.2) is 39.3 Å². The third-order valence-electron chi connectivity index (χ3n) is 5.38. The standard InChI is InChI=1S/C24H28N2O6S/c1-6-7-17-11-24(28)32-22-12-18(8-9-20(17)22)31-14-23(27)25-21-13-19(10-15(2)16(21)3)33(29,30)26(4)5/h8-13H,6-7,14H2,1-5H3,(H,25,27). The summed E-state index contributed by atoms with van der Waals surface area (Å²) in [5, 5.41) is 3.56. The minimum atomic E-state index is -3.65. The average molecular weight is 473 g/mol. The molecule has 0 fully saturated rings. The quantitative estimate of drug-likeness (QED) is 0.502. The Morgan fingerprint density at radius 3 is 2.52 bits per heavy atom. The monoisotopic (exact) mass is 472 g/mol. The molecule has 176 valence electrons. The first-order valence-corrected chi connectivity index (χ1v) is 12.0. The van der Waals surface area contributed by atoms with Crippen LogP contribution in [0.15, 0.2) is 50.5 Å². The molecule has 1 aromatic heterocycles. The molecule has 1 N–H and O–H groups in total. The van der Waals surface area contributed by atoms with Gasteiger partial charge in [0, 0.05) is 37.3 Å². The van der Waals surface area contributed by atoms with Crippen LogP contribution in [0.1, 0.15) is 30.0 Å². The van der Waals surface area contributed by atoms with Crippen LogP contribution in [0, 0.1) is 13.8 Å². The number of aryl methyl sites for hydroxylation is 2. The number of benzene rings is 2. The number of carbonyl (C=O) groups is 1. The predicted molar refractivity (Wildman–Crippen MR) is 127 cm³/mol. The molecular formula is C24H28N2O6S. The molecule has 8 nitrogen and oxygen atoms in total. The van der Waals surface area contributed by atoms with E-state index >= 15 is 0 Å². The molecule has 0 aliphatic heterocycles. The van der Waals surface area contributed by atoms with E-state index in [1.165, 1.54) is 26.2 Å². The van der Waals surface area contributed by atoms with Gasteiger partial charge in [-0.25, -0.2) is 17.5 Å². The Labute approximate surface area is 193 Å². The fourth-order valence-electron chi connectivity index (χ4n) is 3.43. The van der Waals surface area contributed by atoms with E-state index in [0.717, 1.165) is 39.2 Å². The molecule has 0 spiro atoms. The normalized spacial score (nSPS) is 11.7. The summed E-state index contributed by atoms with van der Waals surface area (Å²) < 4.78 is 37.0. The smallest absolute Gasteiger partial charge is 0.336 e. The Hall–Kier alpha value is -3.17. The van der Waals surface area contributed by atoms with E-state index in [1.807, 2.05) is 6.92 Å². The summed E-state index contributed by atoms with van der Waals surface area (Å²) in [6, 6.07) is 9.62. The molecule has 0 atom stereocenters. The highest BCUT2D eigenvalue weighted by molar-refractivity contribution is 7.89. The van der Waals surface area contributed by atoms with Gasteiger partial charge >= 0.3 is 5.63 Å². The first-order valence-electron chi connectivity index (χ1n) is 10.6. The van der Waals surface area contributed by atoms with Crippen molar-refractivity contribution in [3.8, 4) is 5.75 Å². The molecule has 0 saturated carbocycles. The number of nitrogens with zero attached hydrogens (tertiary/aromatic N) is 1. The number of ether oxygens (including phenoxy) is 1. The molecule has 0 saturated heterocycles. The lowest BCUT2D eigenvalue weighted by molar-refractivity contribution is -0.118. The minimum absolute atomic E-state index is 0.0965. The molecule has 0 unspecified atom stereocenters. The van der Waals surface area contributed by atoms with Crippen LogP contribution >= 0.6 is 0 Å². The summed E-state index contributed by atoms with van der Waals surface area (Å²) in [7, 11) is -0.743. The summed E-state index contributed by atoms with van der Waals surface area (Å²) in [6.45, 7) is 5.32. The minimum Gasteiger partial charge on any atom is -0.484 e. The van der Waals surface area contributed by atoms with Gasteiger partial charge in [0.25, 0.3) is 5.91 Å². The molecule has 3 aromatic rings. The predicted octanol–water partition coefficient (Wildman–Crippen LogP) is 3.63. The lowest BCUT2D eigenvalue weighted by Gasteiger charge is -2.16. The summed E-state index contributed by atoms with van der Waals surface area (Å²) in [6.07, 6.45) is 1.65. The Morgan fingerprint density at radius 2 is 1.85 bits per heavy atom. The largest absolute Gasteiger partial charge is 0.484 e. The molecule has 3 rings (SSSR count). The van der Waals surface area contributed by atoms with Gasteiger partial charge in [-0.2, -0.15) is 0 Å². The van der Waals surface area contributed by atoms with Gasteiger partial charge in [-0.05, 0) is 61.2 Å². The molecule has 33 heavy (non-hydrogen) atoms. The van der Waals surface area contributed by atoms with Crippen molar-refractivity contribution < 1.29 is 22.4 Å². The van der Waals surface area contributed by atoms with Gasteiger partial charge in [0.2, 0.25) is 10.0 Å². The number of hydrogen-bond acceptors (Lipinski definition) is 6. The number of nitrogens with one attached hydrogen (secondary N) is 1. The topological polar surface area (TPSA) is 106 Å². The number of hydrogen-bond donors (Lipinski definition) is 1. The fourth-order valence-corrected chi connectivity index (χ4v) is 4.44. The van der Waals surface area contributed by atoms with E-state index in [2.05, 4.69) is 5.32 Å². The molecule has 0 radical (unpaired) electrons. The van der Waals surface area contributed by atoms with Gasteiger partial charge in [-0.3, -0.25) is 4.79 Å². The van der Waals surface area contributed by atoms with Crippen molar-refractivity contribution in [2.45, 2.75) is 38.5 Å². The Kier molecular flexibility index (Phi) is 7.24. The zero-order valence-electron chi connectivity index (χ0n) is 19.4. The second-order valence-electron chi connectivity index (χ2n) is 8.04. The van der Waals surface area contributed by atoms with Gasteiger partial charge < -0.3 is 14.5 Å². The van der Waals surface area contributed by atoms with Crippen molar-refractivity contribution in [1.82, 2.24) is 4.31 Å². The Morgan fingerprint density at radius 1 is 1.12 bits per heavy atom. The van der Waals surface area contributed by atoms with E-state index in [4.69, 9.17) is 9.15 Å². The molecule has 0 aliphatic rings. The third kappa shape index (κ3) is 5.43. The maximum atomic E-state index is 12.5. The van der Waals surface area contributed by atoms with Crippen LogP contribution in [0.3, 0.4) is 0 Å². The number of fused-ring (bicyclic) bond motifs is 1. The molecule has 0 aliphatic carbocycles. The van der Waals surface area contributed by atoms with Crippen LogP contribution in [0.5, 0.6) is 5.75 Å². The number of amides is 1. The van der Waals surface area contributed by atoms with Crippen LogP contribution in [0.25, 0.3) is 11.0 Å². The molecule has 1 heterocycles. The van der Waals surface area contributed by atoms with Crippen molar-refractivity contribution in [3.63, 3.8) is 0 Å². The van der Waals surface area contributed by atoms with E-state index < -0.39 is 21.6 Å².